The smallest absolute Gasteiger partial charge is 0.403 e. The predicted octanol–water partition coefficient (Wildman–Crippen LogP) is 3.71. The molecule has 0 saturated carbocycles. The van der Waals surface area contributed by atoms with Crippen LogP contribution in [0.3, 0.4) is 0 Å². The normalized spacial score (nSPS) is 19.3. The molecule has 0 bridgehead atoms. The van der Waals surface area contributed by atoms with E-state index in [-0.39, 0.29) is 11.3 Å². The van der Waals surface area contributed by atoms with E-state index < -0.39 is 58.6 Å². The Hall–Kier alpha value is -4.15. The van der Waals surface area contributed by atoms with Crippen molar-refractivity contribution in [3.8, 4) is 5.75 Å². The van der Waals surface area contributed by atoms with Crippen molar-refractivity contribution in [2.75, 3.05) is 20.6 Å². The fourth-order valence-corrected chi connectivity index (χ4v) is 5.23. The zero-order valence-corrected chi connectivity index (χ0v) is 20.0. The number of ether oxygens (including phenoxy) is 1. The average molecular weight is 512 g/mol. The quantitative estimate of drug-likeness (QED) is 0.532. The first kappa shape index (κ1) is 24.5. The molecule has 0 spiro atoms. The lowest BCUT2D eigenvalue weighted by Crippen LogP contribution is -2.51. The van der Waals surface area contributed by atoms with E-state index in [1.165, 1.54) is 54.0 Å². The van der Waals surface area contributed by atoms with E-state index in [9.17, 15) is 23.2 Å². The maximum absolute atomic E-state index is 15.3. The predicted molar refractivity (Wildman–Crippen MR) is 126 cm³/mol. The number of halogens is 3. The molecule has 2 aliphatic rings. The number of hydrogen-bond donors (Lipinski definition) is 0. The Morgan fingerprint density at radius 1 is 1.14 bits per heavy atom. The molecule has 0 radical (unpaired) electrons. The van der Waals surface area contributed by atoms with Crippen LogP contribution in [0.1, 0.15) is 46.4 Å². The van der Waals surface area contributed by atoms with Gasteiger partial charge in [0.05, 0.1) is 18.3 Å². The second-order valence-electron chi connectivity index (χ2n) is 9.27. The molecule has 3 aromatic rings. The molecule has 0 aliphatic carbocycles. The number of fused-ring (bicyclic) bond motifs is 2. The second-order valence-corrected chi connectivity index (χ2v) is 9.27. The van der Waals surface area contributed by atoms with Crippen LogP contribution in [0.2, 0.25) is 0 Å². The van der Waals surface area contributed by atoms with Gasteiger partial charge in [0.15, 0.2) is 17.3 Å². The highest BCUT2D eigenvalue weighted by atomic mass is 19.2. The summed E-state index contributed by atoms with van der Waals surface area (Å²) in [5.41, 5.74) is -0.793. The van der Waals surface area contributed by atoms with Crippen LogP contribution in [0.15, 0.2) is 53.5 Å². The minimum Gasteiger partial charge on any atom is -0.403 e. The molecule has 11 heteroatoms. The van der Waals surface area contributed by atoms with Crippen LogP contribution < -0.4 is 10.2 Å². The third-order valence-corrected chi connectivity index (χ3v) is 6.83. The van der Waals surface area contributed by atoms with E-state index in [0.717, 1.165) is 17.2 Å². The van der Waals surface area contributed by atoms with Gasteiger partial charge >= 0.3 is 6.09 Å². The summed E-state index contributed by atoms with van der Waals surface area (Å²) in [6.07, 6.45) is 1.16. The number of aromatic nitrogens is 2. The van der Waals surface area contributed by atoms with Gasteiger partial charge in [0.25, 0.3) is 5.91 Å². The van der Waals surface area contributed by atoms with Crippen molar-refractivity contribution >= 4 is 12.0 Å². The van der Waals surface area contributed by atoms with Gasteiger partial charge in [-0.2, -0.15) is 5.10 Å². The van der Waals surface area contributed by atoms with E-state index in [1.54, 1.807) is 6.07 Å². The summed E-state index contributed by atoms with van der Waals surface area (Å²) in [7, 11) is 2.84. The molecule has 1 fully saturated rings. The molecule has 3 atom stereocenters. The van der Waals surface area contributed by atoms with Gasteiger partial charge < -0.3 is 14.5 Å². The van der Waals surface area contributed by atoms with Crippen molar-refractivity contribution in [3.05, 3.63) is 93.2 Å². The van der Waals surface area contributed by atoms with Gasteiger partial charge in [0.1, 0.15) is 5.82 Å². The van der Waals surface area contributed by atoms with Crippen LogP contribution in [-0.4, -0.2) is 58.3 Å². The summed E-state index contributed by atoms with van der Waals surface area (Å²) in [6, 6.07) is 7.84. The largest absolute Gasteiger partial charge is 0.414 e. The molecule has 3 heterocycles. The third-order valence-electron chi connectivity index (χ3n) is 6.83. The molecule has 1 saturated heterocycles. The first-order valence-corrected chi connectivity index (χ1v) is 11.7. The van der Waals surface area contributed by atoms with Crippen LogP contribution in [0, 0.1) is 17.5 Å². The van der Waals surface area contributed by atoms with Crippen LogP contribution in [0.4, 0.5) is 18.0 Å². The van der Waals surface area contributed by atoms with Crippen LogP contribution in [0.5, 0.6) is 5.75 Å². The molecule has 2 amide bonds. The Kier molecular flexibility index (Phi) is 6.22. The standard InChI is InChI=1S/C26H23F3N4O4/c1-31(2)26(36)37-24-19(34)13-30-33-22(18-10-5-11-32(18)25(35)23(24)33)20(14-6-3-7-15(27)12-14)16-8-4-9-17(28)21(16)29/h3-4,6-9,12-13,18,20,22H,5,10-11H2,1-2H3/t18-,20?,22-/m1/s1. The number of hydrogen-bond acceptors (Lipinski definition) is 5. The minimum absolute atomic E-state index is 0.0601. The SMILES string of the molecule is CN(C)C(=O)Oc1c2n(ncc1=O)[C@@H](C(c1cccc(F)c1)c1cccc(F)c1F)[C@H]1CCCN1C2=O. The Bertz CT molecular complexity index is 1460. The Labute approximate surface area is 209 Å². The van der Waals surface area contributed by atoms with Crippen molar-refractivity contribution in [1.82, 2.24) is 19.6 Å². The Balaban J connectivity index is 1.79. The highest BCUT2D eigenvalue weighted by molar-refractivity contribution is 5.97. The summed E-state index contributed by atoms with van der Waals surface area (Å²) < 4.78 is 50.7. The molecule has 192 valence electrons. The van der Waals surface area contributed by atoms with E-state index in [1.807, 2.05) is 0 Å². The van der Waals surface area contributed by atoms with E-state index in [0.29, 0.717) is 24.9 Å². The lowest BCUT2D eigenvalue weighted by Gasteiger charge is -2.42. The fraction of sp³-hybridized carbons (Fsp3) is 0.308. The summed E-state index contributed by atoms with van der Waals surface area (Å²) >= 11 is 0. The average Bonchev–Trinajstić information content (AvgIpc) is 3.35. The Morgan fingerprint density at radius 3 is 2.62 bits per heavy atom. The zero-order chi connectivity index (χ0) is 26.4. The molecule has 1 unspecified atom stereocenters. The molecule has 5 rings (SSSR count). The lowest BCUT2D eigenvalue weighted by atomic mass is 9.79. The number of amides is 2. The summed E-state index contributed by atoms with van der Waals surface area (Å²) in [5, 5.41) is 4.21. The molecule has 37 heavy (non-hydrogen) atoms. The maximum atomic E-state index is 15.3. The second kappa shape index (κ2) is 9.38. The topological polar surface area (TPSA) is 84.7 Å². The van der Waals surface area contributed by atoms with Crippen molar-refractivity contribution in [3.63, 3.8) is 0 Å². The van der Waals surface area contributed by atoms with E-state index in [2.05, 4.69) is 5.10 Å². The zero-order valence-electron chi connectivity index (χ0n) is 20.0. The summed E-state index contributed by atoms with van der Waals surface area (Å²) in [5.74, 6) is -4.85. The molecular formula is C26H23F3N4O4. The van der Waals surface area contributed by atoms with E-state index >= 15 is 4.39 Å². The summed E-state index contributed by atoms with van der Waals surface area (Å²) in [4.78, 5) is 41.3. The van der Waals surface area contributed by atoms with Gasteiger partial charge in [-0.15, -0.1) is 0 Å². The van der Waals surface area contributed by atoms with Gasteiger partial charge in [-0.05, 0) is 36.6 Å². The van der Waals surface area contributed by atoms with Crippen LogP contribution in [0.25, 0.3) is 0 Å². The molecule has 0 N–H and O–H groups in total. The number of rotatable bonds is 4. The van der Waals surface area contributed by atoms with Gasteiger partial charge in [-0.25, -0.2) is 22.6 Å². The summed E-state index contributed by atoms with van der Waals surface area (Å²) in [6.45, 7) is 0.339. The number of carbonyl (C=O) groups is 2. The Morgan fingerprint density at radius 2 is 1.89 bits per heavy atom. The molecule has 2 aromatic carbocycles. The fourth-order valence-electron chi connectivity index (χ4n) is 5.23. The van der Waals surface area contributed by atoms with Crippen LogP contribution in [-0.2, 0) is 0 Å². The minimum atomic E-state index is -1.11. The van der Waals surface area contributed by atoms with Crippen LogP contribution >= 0.6 is 0 Å². The monoisotopic (exact) mass is 512 g/mol. The molecule has 1 aromatic heterocycles. The van der Waals surface area contributed by atoms with Gasteiger partial charge in [0.2, 0.25) is 11.2 Å². The van der Waals surface area contributed by atoms with Crippen molar-refractivity contribution in [2.24, 2.45) is 0 Å². The van der Waals surface area contributed by atoms with Crippen molar-refractivity contribution in [2.45, 2.75) is 30.8 Å². The maximum Gasteiger partial charge on any atom is 0.414 e. The third kappa shape index (κ3) is 4.13. The first-order valence-electron chi connectivity index (χ1n) is 11.7. The number of nitrogens with zero attached hydrogens (tertiary/aromatic N) is 4. The number of carbonyl (C=O) groups excluding carboxylic acids is 2. The highest BCUT2D eigenvalue weighted by Gasteiger charge is 2.49. The van der Waals surface area contributed by atoms with E-state index in [4.69, 9.17) is 4.74 Å². The van der Waals surface area contributed by atoms with Gasteiger partial charge in [-0.3, -0.25) is 9.59 Å². The molecular weight excluding hydrogens is 489 g/mol. The van der Waals surface area contributed by atoms with Gasteiger partial charge in [0, 0.05) is 32.1 Å². The number of benzene rings is 2. The highest BCUT2D eigenvalue weighted by Crippen LogP contribution is 2.46. The molecule has 8 nitrogen and oxygen atoms in total. The first-order chi connectivity index (χ1) is 17.7. The van der Waals surface area contributed by atoms with Crippen molar-refractivity contribution in [1.29, 1.82) is 0 Å². The lowest BCUT2D eigenvalue weighted by molar-refractivity contribution is 0.0563. The van der Waals surface area contributed by atoms with Gasteiger partial charge in [-0.1, -0.05) is 24.3 Å². The molecule has 2 aliphatic heterocycles. The van der Waals surface area contributed by atoms with Crippen molar-refractivity contribution < 1.29 is 27.5 Å².